The number of unbranched alkanes of at least 4 members (excludes halogenated alkanes) is 1. The highest BCUT2D eigenvalue weighted by molar-refractivity contribution is 5.97. The number of benzene rings is 2. The first-order valence-electron chi connectivity index (χ1n) is 11.3. The van der Waals surface area contributed by atoms with Crippen molar-refractivity contribution >= 4 is 17.7 Å². The normalized spacial score (nSPS) is 10.5. The maximum atomic E-state index is 12.4. The fraction of sp³-hybridized carbons (Fsp3) is 0.400. The number of phenols is 2. The smallest absolute Gasteiger partial charge is 0.255 e. The second kappa shape index (κ2) is 13.8. The molecule has 0 radical (unpaired) electrons. The molecule has 2 aromatic rings. The number of nitrogens with one attached hydrogen (secondary N) is 2. The van der Waals surface area contributed by atoms with Crippen LogP contribution in [0.1, 0.15) is 59.7 Å². The lowest BCUT2D eigenvalue weighted by atomic mass is 10.1. The third-order valence-electron chi connectivity index (χ3n) is 5.14. The summed E-state index contributed by atoms with van der Waals surface area (Å²) in [5.74, 6) is -1.32. The molecule has 0 fully saturated rings. The van der Waals surface area contributed by atoms with Crippen molar-refractivity contribution < 1.29 is 24.6 Å². The zero-order valence-corrected chi connectivity index (χ0v) is 19.0. The van der Waals surface area contributed by atoms with Crippen LogP contribution in [0.5, 0.6) is 11.5 Å². The summed E-state index contributed by atoms with van der Waals surface area (Å²) in [6, 6.07) is 13.2. The van der Waals surface area contributed by atoms with E-state index in [1.54, 1.807) is 17.0 Å². The lowest BCUT2D eigenvalue weighted by Gasteiger charge is -2.23. The van der Waals surface area contributed by atoms with Gasteiger partial charge >= 0.3 is 0 Å². The van der Waals surface area contributed by atoms with E-state index in [9.17, 15) is 24.6 Å². The van der Waals surface area contributed by atoms with Crippen LogP contribution in [0, 0.1) is 0 Å². The molecule has 8 nitrogen and oxygen atoms in total. The molecule has 178 valence electrons. The molecule has 2 aromatic carbocycles. The van der Waals surface area contributed by atoms with Crippen LogP contribution in [0.3, 0.4) is 0 Å². The maximum Gasteiger partial charge on any atom is 0.255 e. The van der Waals surface area contributed by atoms with E-state index in [4.69, 9.17) is 0 Å². The second-order valence-electron chi connectivity index (χ2n) is 7.74. The van der Waals surface area contributed by atoms with Gasteiger partial charge in [-0.1, -0.05) is 31.2 Å². The SMILES string of the molecule is CCCC(=O)N(CCCCNC(=O)c1ccccc1)CCCNC(=O)c1cccc(O)c1O. The monoisotopic (exact) mass is 455 g/mol. The van der Waals surface area contributed by atoms with Crippen molar-refractivity contribution in [3.05, 3.63) is 59.7 Å². The molecule has 0 heterocycles. The van der Waals surface area contributed by atoms with Gasteiger partial charge < -0.3 is 25.7 Å². The Morgan fingerprint density at radius 2 is 1.48 bits per heavy atom. The highest BCUT2D eigenvalue weighted by Gasteiger charge is 2.15. The van der Waals surface area contributed by atoms with Crippen LogP contribution < -0.4 is 10.6 Å². The molecule has 0 aromatic heterocycles. The van der Waals surface area contributed by atoms with E-state index in [-0.39, 0.29) is 23.1 Å². The van der Waals surface area contributed by atoms with Crippen molar-refractivity contribution in [2.24, 2.45) is 0 Å². The van der Waals surface area contributed by atoms with Crippen LogP contribution in [0.15, 0.2) is 48.5 Å². The number of rotatable bonds is 13. The van der Waals surface area contributed by atoms with Gasteiger partial charge in [-0.05, 0) is 49.9 Å². The lowest BCUT2D eigenvalue weighted by Crippen LogP contribution is -2.35. The molecule has 0 spiro atoms. The van der Waals surface area contributed by atoms with Gasteiger partial charge in [0.05, 0.1) is 5.56 Å². The molecule has 4 N–H and O–H groups in total. The van der Waals surface area contributed by atoms with E-state index in [1.807, 2.05) is 25.1 Å². The second-order valence-corrected chi connectivity index (χ2v) is 7.74. The summed E-state index contributed by atoms with van der Waals surface area (Å²) in [6.45, 7) is 3.91. The van der Waals surface area contributed by atoms with Crippen LogP contribution in [0.2, 0.25) is 0 Å². The Hall–Kier alpha value is -3.55. The number of carbonyl (C=O) groups excluding carboxylic acids is 3. The van der Waals surface area contributed by atoms with Gasteiger partial charge in [-0.15, -0.1) is 0 Å². The number of phenolic OH excluding ortho intramolecular Hbond substituents is 2. The van der Waals surface area contributed by atoms with E-state index in [0.717, 1.165) is 19.3 Å². The quantitative estimate of drug-likeness (QED) is 0.273. The molecular formula is C25H33N3O5. The molecule has 33 heavy (non-hydrogen) atoms. The topological polar surface area (TPSA) is 119 Å². The number of hydrogen-bond donors (Lipinski definition) is 4. The molecule has 0 unspecified atom stereocenters. The fourth-order valence-corrected chi connectivity index (χ4v) is 3.34. The van der Waals surface area contributed by atoms with Crippen LogP contribution in [-0.4, -0.2) is 59.0 Å². The van der Waals surface area contributed by atoms with E-state index in [0.29, 0.717) is 44.6 Å². The minimum Gasteiger partial charge on any atom is -0.504 e. The van der Waals surface area contributed by atoms with Crippen molar-refractivity contribution in [1.29, 1.82) is 0 Å². The van der Waals surface area contributed by atoms with E-state index in [1.165, 1.54) is 18.2 Å². The molecule has 0 saturated carbocycles. The summed E-state index contributed by atoms with van der Waals surface area (Å²) in [5.41, 5.74) is 0.629. The highest BCUT2D eigenvalue weighted by Crippen LogP contribution is 2.27. The van der Waals surface area contributed by atoms with Gasteiger partial charge in [0.2, 0.25) is 5.91 Å². The first-order valence-corrected chi connectivity index (χ1v) is 11.3. The third-order valence-corrected chi connectivity index (χ3v) is 5.14. The van der Waals surface area contributed by atoms with Gasteiger partial charge in [0.1, 0.15) is 0 Å². The molecule has 0 atom stereocenters. The van der Waals surface area contributed by atoms with Crippen molar-refractivity contribution in [2.45, 2.75) is 39.0 Å². The Labute approximate surface area is 194 Å². The van der Waals surface area contributed by atoms with Gasteiger partial charge in [0.25, 0.3) is 11.8 Å². The zero-order valence-electron chi connectivity index (χ0n) is 19.0. The van der Waals surface area contributed by atoms with Crippen molar-refractivity contribution in [3.8, 4) is 11.5 Å². The molecule has 0 aliphatic rings. The van der Waals surface area contributed by atoms with Gasteiger partial charge in [-0.25, -0.2) is 0 Å². The number of carbonyl (C=O) groups is 3. The summed E-state index contributed by atoms with van der Waals surface area (Å²) in [4.78, 5) is 38.5. The van der Waals surface area contributed by atoms with Crippen LogP contribution in [0.25, 0.3) is 0 Å². The largest absolute Gasteiger partial charge is 0.504 e. The summed E-state index contributed by atoms with van der Waals surface area (Å²) < 4.78 is 0. The van der Waals surface area contributed by atoms with Crippen LogP contribution in [-0.2, 0) is 4.79 Å². The molecule has 0 aliphatic carbocycles. The molecule has 3 amide bonds. The van der Waals surface area contributed by atoms with Crippen molar-refractivity contribution in [2.75, 3.05) is 26.2 Å². The zero-order chi connectivity index (χ0) is 24.1. The molecule has 0 bridgehead atoms. The standard InChI is InChI=1S/C25H33N3O5/c1-2-10-22(30)28(17-7-6-15-26-24(32)19-11-4-3-5-12-19)18-9-16-27-25(33)20-13-8-14-21(29)23(20)31/h3-5,8,11-14,29,31H,2,6-7,9-10,15-18H2,1H3,(H,26,32)(H,27,33). The molecular weight excluding hydrogens is 422 g/mol. The Kier molecular flexibility index (Phi) is 10.7. The van der Waals surface area contributed by atoms with E-state index >= 15 is 0 Å². The maximum absolute atomic E-state index is 12.4. The number of aromatic hydroxyl groups is 2. The molecule has 2 rings (SSSR count). The average molecular weight is 456 g/mol. The minimum atomic E-state index is -0.482. The highest BCUT2D eigenvalue weighted by atomic mass is 16.3. The molecule has 0 saturated heterocycles. The predicted octanol–water partition coefficient (Wildman–Crippen LogP) is 3.06. The summed E-state index contributed by atoms with van der Waals surface area (Å²) >= 11 is 0. The number of amides is 3. The Morgan fingerprint density at radius 1 is 0.818 bits per heavy atom. The van der Waals surface area contributed by atoms with E-state index < -0.39 is 11.7 Å². The Balaban J connectivity index is 1.72. The van der Waals surface area contributed by atoms with Crippen molar-refractivity contribution in [1.82, 2.24) is 15.5 Å². The van der Waals surface area contributed by atoms with E-state index in [2.05, 4.69) is 10.6 Å². The lowest BCUT2D eigenvalue weighted by molar-refractivity contribution is -0.131. The molecule has 0 aliphatic heterocycles. The first-order chi connectivity index (χ1) is 15.9. The third kappa shape index (κ3) is 8.48. The molecule has 8 heteroatoms. The summed E-state index contributed by atoms with van der Waals surface area (Å²) in [6.07, 6.45) is 3.30. The number of nitrogens with zero attached hydrogens (tertiary/aromatic N) is 1. The van der Waals surface area contributed by atoms with Gasteiger partial charge in [0.15, 0.2) is 11.5 Å². The Morgan fingerprint density at radius 3 is 2.21 bits per heavy atom. The minimum absolute atomic E-state index is 0.00599. The van der Waals surface area contributed by atoms with Gasteiger partial charge in [0, 0.05) is 38.2 Å². The first kappa shape index (κ1) is 25.7. The predicted molar refractivity (Wildman–Crippen MR) is 126 cm³/mol. The van der Waals surface area contributed by atoms with Crippen LogP contribution in [0.4, 0.5) is 0 Å². The fourth-order valence-electron chi connectivity index (χ4n) is 3.34. The Bertz CT molecular complexity index is 918. The average Bonchev–Trinajstić information content (AvgIpc) is 2.82. The van der Waals surface area contributed by atoms with Gasteiger partial charge in [-0.3, -0.25) is 14.4 Å². The number of hydrogen-bond acceptors (Lipinski definition) is 5. The number of para-hydroxylation sites is 1. The summed E-state index contributed by atoms with van der Waals surface area (Å²) in [7, 11) is 0. The van der Waals surface area contributed by atoms with Gasteiger partial charge in [-0.2, -0.15) is 0 Å². The van der Waals surface area contributed by atoms with Crippen molar-refractivity contribution in [3.63, 3.8) is 0 Å². The van der Waals surface area contributed by atoms with Crippen LogP contribution >= 0.6 is 0 Å². The summed E-state index contributed by atoms with van der Waals surface area (Å²) in [5, 5.41) is 24.9.